The highest BCUT2D eigenvalue weighted by atomic mass is 16.3. The molecule has 0 aliphatic heterocycles. The van der Waals surface area contributed by atoms with Crippen LogP contribution in [0.15, 0.2) is 0 Å². The van der Waals surface area contributed by atoms with E-state index in [0.29, 0.717) is 6.61 Å². The van der Waals surface area contributed by atoms with Crippen molar-refractivity contribution in [1.29, 1.82) is 0 Å². The normalized spacial score (nSPS) is 20.6. The monoisotopic (exact) mass is 228 g/mol. The number of aliphatic hydroxyl groups excluding tert-OH is 1. The third-order valence-corrected chi connectivity index (χ3v) is 3.78. The van der Waals surface area contributed by atoms with Crippen LogP contribution in [0.5, 0.6) is 0 Å². The van der Waals surface area contributed by atoms with Crippen LogP contribution in [-0.4, -0.2) is 62.3 Å². The van der Waals surface area contributed by atoms with E-state index in [-0.39, 0.29) is 5.41 Å². The predicted molar refractivity (Wildman–Crippen MR) is 68.7 cm³/mol. The maximum atomic E-state index is 9.63. The van der Waals surface area contributed by atoms with E-state index >= 15 is 0 Å². The van der Waals surface area contributed by atoms with E-state index in [4.69, 9.17) is 0 Å². The molecule has 0 atom stereocenters. The van der Waals surface area contributed by atoms with Gasteiger partial charge in [0.15, 0.2) is 0 Å². The molecule has 0 saturated heterocycles. The quantitative estimate of drug-likeness (QED) is 0.745. The van der Waals surface area contributed by atoms with Gasteiger partial charge in [-0.15, -0.1) is 0 Å². The van der Waals surface area contributed by atoms with E-state index in [2.05, 4.69) is 30.9 Å². The first-order chi connectivity index (χ1) is 7.58. The van der Waals surface area contributed by atoms with Crippen molar-refractivity contribution in [2.24, 2.45) is 5.41 Å². The molecule has 0 spiro atoms. The van der Waals surface area contributed by atoms with Gasteiger partial charge < -0.3 is 14.9 Å². The molecule has 0 aromatic rings. The molecule has 0 bridgehead atoms. The maximum absolute atomic E-state index is 9.63. The molecule has 0 heterocycles. The van der Waals surface area contributed by atoms with Crippen LogP contribution in [0, 0.1) is 5.41 Å². The van der Waals surface area contributed by atoms with Gasteiger partial charge in [-0.2, -0.15) is 0 Å². The zero-order chi connectivity index (χ0) is 12.0. The van der Waals surface area contributed by atoms with Gasteiger partial charge in [-0.05, 0) is 34.0 Å². The summed E-state index contributed by atoms with van der Waals surface area (Å²) in [7, 11) is 6.39. The van der Waals surface area contributed by atoms with Crippen LogP contribution in [0.25, 0.3) is 0 Å². The lowest BCUT2D eigenvalue weighted by molar-refractivity contribution is 0.0469. The lowest BCUT2D eigenvalue weighted by Crippen LogP contribution is -2.42. The summed E-state index contributed by atoms with van der Waals surface area (Å²) in [6.45, 7) is 3.60. The van der Waals surface area contributed by atoms with Gasteiger partial charge in [-0.3, -0.25) is 0 Å². The fraction of sp³-hybridized carbons (Fsp3) is 1.00. The van der Waals surface area contributed by atoms with E-state index in [0.717, 1.165) is 19.6 Å². The van der Waals surface area contributed by atoms with Crippen molar-refractivity contribution in [3.8, 4) is 0 Å². The van der Waals surface area contributed by atoms with Gasteiger partial charge in [0.25, 0.3) is 0 Å². The van der Waals surface area contributed by atoms with Crippen LogP contribution >= 0.6 is 0 Å². The number of hydrogen-bond acceptors (Lipinski definition) is 3. The standard InChI is InChI=1S/C13H28N2O/c1-14(2)9-10-15(3)11-13(12-16)7-5-4-6-8-13/h16H,4-12H2,1-3H3. The Bertz CT molecular complexity index is 188. The summed E-state index contributed by atoms with van der Waals surface area (Å²) in [5.41, 5.74) is 0.194. The van der Waals surface area contributed by atoms with Crippen LogP contribution in [0.3, 0.4) is 0 Å². The van der Waals surface area contributed by atoms with Crippen molar-refractivity contribution in [2.75, 3.05) is 47.4 Å². The molecule has 0 unspecified atom stereocenters. The van der Waals surface area contributed by atoms with E-state index in [1.807, 2.05) is 0 Å². The smallest absolute Gasteiger partial charge is 0.0499 e. The molecule has 3 nitrogen and oxygen atoms in total. The Morgan fingerprint density at radius 3 is 2.12 bits per heavy atom. The fourth-order valence-corrected chi connectivity index (χ4v) is 2.69. The summed E-state index contributed by atoms with van der Waals surface area (Å²) < 4.78 is 0. The number of likely N-dealkylation sites (N-methyl/N-ethyl adjacent to an activating group) is 2. The Labute approximate surface area is 100 Å². The van der Waals surface area contributed by atoms with Gasteiger partial charge >= 0.3 is 0 Å². The molecule has 0 radical (unpaired) electrons. The zero-order valence-corrected chi connectivity index (χ0v) is 11.2. The van der Waals surface area contributed by atoms with Gasteiger partial charge in [0.2, 0.25) is 0 Å². The maximum Gasteiger partial charge on any atom is 0.0499 e. The van der Waals surface area contributed by atoms with E-state index in [1.165, 1.54) is 32.1 Å². The third kappa shape index (κ3) is 4.40. The molecular formula is C13H28N2O. The summed E-state index contributed by atoms with van der Waals surface area (Å²) in [5, 5.41) is 9.63. The first kappa shape index (κ1) is 13.9. The van der Waals surface area contributed by atoms with Crippen molar-refractivity contribution >= 4 is 0 Å². The number of rotatable bonds is 6. The average molecular weight is 228 g/mol. The Morgan fingerprint density at radius 2 is 1.62 bits per heavy atom. The van der Waals surface area contributed by atoms with E-state index in [9.17, 15) is 5.11 Å². The zero-order valence-electron chi connectivity index (χ0n) is 11.2. The van der Waals surface area contributed by atoms with E-state index < -0.39 is 0 Å². The van der Waals surface area contributed by atoms with Crippen LogP contribution in [-0.2, 0) is 0 Å². The minimum absolute atomic E-state index is 0.194. The molecule has 1 rings (SSSR count). The van der Waals surface area contributed by atoms with Crippen molar-refractivity contribution in [1.82, 2.24) is 9.80 Å². The first-order valence-corrected chi connectivity index (χ1v) is 6.52. The van der Waals surface area contributed by atoms with Crippen LogP contribution in [0.1, 0.15) is 32.1 Å². The lowest BCUT2D eigenvalue weighted by atomic mass is 9.74. The summed E-state index contributed by atoms with van der Waals surface area (Å²) in [6, 6.07) is 0. The highest BCUT2D eigenvalue weighted by Crippen LogP contribution is 2.36. The highest BCUT2D eigenvalue weighted by molar-refractivity contribution is 4.84. The van der Waals surface area contributed by atoms with Gasteiger partial charge in [-0.25, -0.2) is 0 Å². The molecule has 1 aliphatic carbocycles. The van der Waals surface area contributed by atoms with Gasteiger partial charge in [-0.1, -0.05) is 19.3 Å². The Kier molecular flexibility index (Phi) is 5.73. The number of nitrogens with zero attached hydrogens (tertiary/aromatic N) is 2. The molecule has 0 aromatic carbocycles. The second-order valence-electron chi connectivity index (χ2n) is 5.76. The van der Waals surface area contributed by atoms with Gasteiger partial charge in [0.1, 0.15) is 0 Å². The SMILES string of the molecule is CN(C)CCN(C)CC1(CO)CCCCC1. The molecule has 0 amide bonds. The predicted octanol–water partition coefficient (Wildman–Crippen LogP) is 1.42. The molecule has 0 aromatic heterocycles. The molecule has 1 N–H and O–H groups in total. The van der Waals surface area contributed by atoms with Gasteiger partial charge in [0, 0.05) is 31.7 Å². The first-order valence-electron chi connectivity index (χ1n) is 6.52. The second-order valence-corrected chi connectivity index (χ2v) is 5.76. The molecule has 1 fully saturated rings. The number of aliphatic hydroxyl groups is 1. The highest BCUT2D eigenvalue weighted by Gasteiger charge is 2.32. The molecule has 1 aliphatic rings. The lowest BCUT2D eigenvalue weighted by Gasteiger charge is -2.39. The van der Waals surface area contributed by atoms with Crippen LogP contribution < -0.4 is 0 Å². The van der Waals surface area contributed by atoms with Crippen molar-refractivity contribution < 1.29 is 5.11 Å². The average Bonchev–Trinajstić information content (AvgIpc) is 2.28. The Balaban J connectivity index is 2.36. The summed E-state index contributed by atoms with van der Waals surface area (Å²) in [6.07, 6.45) is 6.35. The van der Waals surface area contributed by atoms with Crippen molar-refractivity contribution in [2.45, 2.75) is 32.1 Å². The summed E-state index contributed by atoms with van der Waals surface area (Å²) in [5.74, 6) is 0. The van der Waals surface area contributed by atoms with E-state index in [1.54, 1.807) is 0 Å². The Hall–Kier alpha value is -0.120. The van der Waals surface area contributed by atoms with Crippen molar-refractivity contribution in [3.63, 3.8) is 0 Å². The molecular weight excluding hydrogens is 200 g/mol. The van der Waals surface area contributed by atoms with Gasteiger partial charge in [0.05, 0.1) is 0 Å². The number of hydrogen-bond donors (Lipinski definition) is 1. The van der Waals surface area contributed by atoms with Crippen LogP contribution in [0.2, 0.25) is 0 Å². The van der Waals surface area contributed by atoms with Crippen LogP contribution in [0.4, 0.5) is 0 Å². The van der Waals surface area contributed by atoms with Crippen molar-refractivity contribution in [3.05, 3.63) is 0 Å². The fourth-order valence-electron chi connectivity index (χ4n) is 2.69. The minimum Gasteiger partial charge on any atom is -0.396 e. The molecule has 96 valence electrons. The Morgan fingerprint density at radius 1 is 1.00 bits per heavy atom. The summed E-state index contributed by atoms with van der Waals surface area (Å²) in [4.78, 5) is 4.59. The third-order valence-electron chi connectivity index (χ3n) is 3.78. The molecule has 16 heavy (non-hydrogen) atoms. The largest absolute Gasteiger partial charge is 0.396 e. The molecule has 3 heteroatoms. The topological polar surface area (TPSA) is 26.7 Å². The molecule has 1 saturated carbocycles. The minimum atomic E-state index is 0.194. The summed E-state index contributed by atoms with van der Waals surface area (Å²) >= 11 is 0. The second kappa shape index (κ2) is 6.58.